The molecule has 0 atom stereocenters. The fourth-order valence-electron chi connectivity index (χ4n) is 1.89. The quantitative estimate of drug-likeness (QED) is 0.417. The molecule has 2 aromatic carbocycles. The van der Waals surface area contributed by atoms with Gasteiger partial charge in [-0.05, 0) is 45.8 Å². The molecule has 22 heavy (non-hydrogen) atoms. The molecule has 0 unspecified atom stereocenters. The van der Waals surface area contributed by atoms with Crippen molar-refractivity contribution in [2.45, 2.75) is 0 Å². The van der Waals surface area contributed by atoms with Crippen LogP contribution in [0.2, 0.25) is 0 Å². The van der Waals surface area contributed by atoms with Gasteiger partial charge in [-0.15, -0.1) is 0 Å². The SMILES string of the molecule is C=CCOc1ccc(/C=C(\C#N)c2ccccc2F)cc1Br. The van der Waals surface area contributed by atoms with Crippen molar-refractivity contribution in [2.75, 3.05) is 6.61 Å². The first-order chi connectivity index (χ1) is 10.7. The highest BCUT2D eigenvalue weighted by molar-refractivity contribution is 9.10. The van der Waals surface area contributed by atoms with Gasteiger partial charge in [-0.3, -0.25) is 0 Å². The molecule has 0 aromatic heterocycles. The molecule has 0 N–H and O–H groups in total. The standard InChI is InChI=1S/C18H13BrFNO/c1-2-9-22-18-8-7-13(11-16(18)19)10-14(12-21)15-5-3-4-6-17(15)20/h2-8,10-11H,1,9H2/b14-10+. The molecule has 110 valence electrons. The maximum atomic E-state index is 13.8. The molecule has 0 bridgehead atoms. The molecule has 2 aromatic rings. The fraction of sp³-hybridized carbons (Fsp3) is 0.0556. The number of hydrogen-bond acceptors (Lipinski definition) is 2. The summed E-state index contributed by atoms with van der Waals surface area (Å²) in [5.41, 5.74) is 1.33. The molecule has 0 aliphatic carbocycles. The minimum absolute atomic E-state index is 0.268. The average molecular weight is 358 g/mol. The Morgan fingerprint density at radius 2 is 2.09 bits per heavy atom. The predicted octanol–water partition coefficient (Wildman–Crippen LogP) is 5.22. The van der Waals surface area contributed by atoms with Crippen molar-refractivity contribution in [3.63, 3.8) is 0 Å². The van der Waals surface area contributed by atoms with Crippen LogP contribution in [0, 0.1) is 17.1 Å². The fourth-order valence-corrected chi connectivity index (χ4v) is 2.40. The van der Waals surface area contributed by atoms with Gasteiger partial charge >= 0.3 is 0 Å². The zero-order valence-corrected chi connectivity index (χ0v) is 13.3. The van der Waals surface area contributed by atoms with Crippen LogP contribution >= 0.6 is 15.9 Å². The van der Waals surface area contributed by atoms with Crippen molar-refractivity contribution in [2.24, 2.45) is 0 Å². The second-order valence-corrected chi connectivity index (χ2v) is 5.29. The van der Waals surface area contributed by atoms with E-state index in [1.807, 2.05) is 12.1 Å². The highest BCUT2D eigenvalue weighted by atomic mass is 79.9. The second-order valence-electron chi connectivity index (χ2n) is 4.44. The minimum atomic E-state index is -0.416. The number of allylic oxidation sites excluding steroid dienone is 1. The summed E-state index contributed by atoms with van der Waals surface area (Å²) in [6.07, 6.45) is 3.30. The van der Waals surface area contributed by atoms with Gasteiger partial charge < -0.3 is 4.74 Å². The van der Waals surface area contributed by atoms with Crippen molar-refractivity contribution in [1.82, 2.24) is 0 Å². The first kappa shape index (κ1) is 16.0. The number of nitrogens with zero attached hydrogens (tertiary/aromatic N) is 1. The van der Waals surface area contributed by atoms with Crippen LogP contribution in [0.15, 0.2) is 59.6 Å². The maximum absolute atomic E-state index is 13.8. The summed E-state index contributed by atoms with van der Waals surface area (Å²) in [5.74, 6) is 0.266. The summed E-state index contributed by atoms with van der Waals surface area (Å²) < 4.78 is 20.0. The summed E-state index contributed by atoms with van der Waals surface area (Å²) in [7, 11) is 0. The highest BCUT2D eigenvalue weighted by Gasteiger charge is 2.08. The summed E-state index contributed by atoms with van der Waals surface area (Å²) in [6, 6.07) is 13.7. The van der Waals surface area contributed by atoms with Crippen LogP contribution in [0.3, 0.4) is 0 Å². The van der Waals surface area contributed by atoms with E-state index in [0.29, 0.717) is 12.4 Å². The van der Waals surface area contributed by atoms with Crippen LogP contribution in [-0.4, -0.2) is 6.61 Å². The predicted molar refractivity (Wildman–Crippen MR) is 89.7 cm³/mol. The summed E-state index contributed by atoms with van der Waals surface area (Å²) in [5, 5.41) is 9.27. The van der Waals surface area contributed by atoms with Crippen LogP contribution in [0.4, 0.5) is 4.39 Å². The van der Waals surface area contributed by atoms with Gasteiger partial charge in [0, 0.05) is 5.56 Å². The molecular formula is C18H13BrFNO. The first-order valence-corrected chi connectivity index (χ1v) is 7.35. The van der Waals surface area contributed by atoms with Gasteiger partial charge in [0.05, 0.1) is 16.1 Å². The van der Waals surface area contributed by atoms with Gasteiger partial charge in [-0.2, -0.15) is 5.26 Å². The Balaban J connectivity index is 2.35. The molecular weight excluding hydrogens is 345 g/mol. The number of nitriles is 1. The lowest BCUT2D eigenvalue weighted by molar-refractivity contribution is 0.361. The Morgan fingerprint density at radius 1 is 1.32 bits per heavy atom. The van der Waals surface area contributed by atoms with Crippen molar-refractivity contribution in [1.29, 1.82) is 5.26 Å². The van der Waals surface area contributed by atoms with Crippen molar-refractivity contribution in [3.05, 3.63) is 76.5 Å². The Hall–Kier alpha value is -2.38. The molecule has 0 saturated heterocycles. The van der Waals surface area contributed by atoms with E-state index in [2.05, 4.69) is 22.5 Å². The number of ether oxygens (including phenoxy) is 1. The molecule has 0 spiro atoms. The van der Waals surface area contributed by atoms with Crippen molar-refractivity contribution >= 4 is 27.6 Å². The number of halogens is 2. The summed E-state index contributed by atoms with van der Waals surface area (Å²) in [6.45, 7) is 4.00. The smallest absolute Gasteiger partial charge is 0.133 e. The zero-order chi connectivity index (χ0) is 15.9. The zero-order valence-electron chi connectivity index (χ0n) is 11.7. The van der Waals surface area contributed by atoms with Gasteiger partial charge in [-0.25, -0.2) is 4.39 Å². The second kappa shape index (κ2) is 7.58. The van der Waals surface area contributed by atoms with E-state index in [1.54, 1.807) is 42.5 Å². The van der Waals surface area contributed by atoms with Crippen LogP contribution < -0.4 is 4.74 Å². The molecule has 0 fully saturated rings. The van der Waals surface area contributed by atoms with E-state index in [0.717, 1.165) is 10.0 Å². The van der Waals surface area contributed by atoms with Crippen LogP contribution in [0.25, 0.3) is 11.6 Å². The summed E-state index contributed by atoms with van der Waals surface area (Å²) in [4.78, 5) is 0. The molecule has 0 saturated carbocycles. The summed E-state index contributed by atoms with van der Waals surface area (Å²) >= 11 is 3.41. The molecule has 0 aliphatic heterocycles. The lowest BCUT2D eigenvalue weighted by atomic mass is 10.0. The molecule has 0 aliphatic rings. The first-order valence-electron chi connectivity index (χ1n) is 6.55. The molecule has 4 heteroatoms. The van der Waals surface area contributed by atoms with E-state index in [-0.39, 0.29) is 11.1 Å². The third-order valence-electron chi connectivity index (χ3n) is 2.91. The van der Waals surface area contributed by atoms with Crippen LogP contribution in [-0.2, 0) is 0 Å². The van der Waals surface area contributed by atoms with Gasteiger partial charge in [0.15, 0.2) is 0 Å². The molecule has 0 amide bonds. The van der Waals surface area contributed by atoms with Crippen molar-refractivity contribution in [3.8, 4) is 11.8 Å². The van der Waals surface area contributed by atoms with E-state index in [1.165, 1.54) is 6.07 Å². The number of rotatable bonds is 5. The minimum Gasteiger partial charge on any atom is -0.488 e. The Labute approximate surface area is 137 Å². The van der Waals surface area contributed by atoms with Crippen molar-refractivity contribution < 1.29 is 9.13 Å². The van der Waals surface area contributed by atoms with Crippen LogP contribution in [0.1, 0.15) is 11.1 Å². The third kappa shape index (κ3) is 3.84. The highest BCUT2D eigenvalue weighted by Crippen LogP contribution is 2.28. The lowest BCUT2D eigenvalue weighted by Gasteiger charge is -2.07. The number of benzene rings is 2. The van der Waals surface area contributed by atoms with E-state index in [4.69, 9.17) is 4.74 Å². The van der Waals surface area contributed by atoms with Crippen LogP contribution in [0.5, 0.6) is 5.75 Å². The molecule has 2 rings (SSSR count). The normalized spacial score (nSPS) is 10.9. The van der Waals surface area contributed by atoms with Gasteiger partial charge in [0.25, 0.3) is 0 Å². The monoisotopic (exact) mass is 357 g/mol. The molecule has 0 radical (unpaired) electrons. The van der Waals surface area contributed by atoms with E-state index < -0.39 is 5.82 Å². The van der Waals surface area contributed by atoms with Gasteiger partial charge in [-0.1, -0.05) is 36.9 Å². The largest absolute Gasteiger partial charge is 0.488 e. The van der Waals surface area contributed by atoms with E-state index >= 15 is 0 Å². The Bertz CT molecular complexity index is 762. The third-order valence-corrected chi connectivity index (χ3v) is 3.53. The van der Waals surface area contributed by atoms with Gasteiger partial charge in [0.2, 0.25) is 0 Å². The topological polar surface area (TPSA) is 33.0 Å². The van der Waals surface area contributed by atoms with E-state index in [9.17, 15) is 9.65 Å². The molecule has 2 nitrogen and oxygen atoms in total. The van der Waals surface area contributed by atoms with Gasteiger partial charge in [0.1, 0.15) is 18.2 Å². The Kier molecular flexibility index (Phi) is 5.51. The number of hydrogen-bond donors (Lipinski definition) is 0. The average Bonchev–Trinajstić information content (AvgIpc) is 2.52. The Morgan fingerprint density at radius 3 is 2.73 bits per heavy atom. The molecule has 0 heterocycles. The maximum Gasteiger partial charge on any atom is 0.133 e. The lowest BCUT2D eigenvalue weighted by Crippen LogP contribution is -1.93.